The van der Waals surface area contributed by atoms with Crippen LogP contribution in [0.3, 0.4) is 0 Å². The molecule has 0 saturated carbocycles. The lowest BCUT2D eigenvalue weighted by molar-refractivity contribution is -0.870. The van der Waals surface area contributed by atoms with E-state index in [1.54, 1.807) is 0 Å². The Balaban J connectivity index is 2.31. The average Bonchev–Trinajstić information content (AvgIpc) is 3.04. The van der Waals surface area contributed by atoms with E-state index in [1.165, 1.54) is 38.5 Å². The summed E-state index contributed by atoms with van der Waals surface area (Å²) in [6, 6.07) is -0.721. The first-order valence-corrected chi connectivity index (χ1v) is 13.0. The van der Waals surface area contributed by atoms with Gasteiger partial charge in [-0.3, -0.25) is 13.8 Å². The molecule has 0 aromatic carbocycles. The molecule has 1 aliphatic rings. The summed E-state index contributed by atoms with van der Waals surface area (Å²) in [5.74, 6) is -0.335. The predicted molar refractivity (Wildman–Crippen MR) is 118 cm³/mol. The molecule has 2 amide bonds. The number of carbonyl (C=O) groups excluding carboxylic acids is 2. The normalized spacial score (nSPS) is 18.8. The first-order valence-electron chi connectivity index (χ1n) is 11.5. The van der Waals surface area contributed by atoms with Crippen LogP contribution in [0.25, 0.3) is 0 Å². The molecule has 31 heavy (non-hydrogen) atoms. The molecular weight excluding hydrogens is 423 g/mol. The highest BCUT2D eigenvalue weighted by atomic mass is 31.2. The molecule has 2 atom stereocenters. The molecule has 0 spiro atoms. The van der Waals surface area contributed by atoms with Gasteiger partial charge in [0.2, 0.25) is 5.91 Å². The molecule has 1 fully saturated rings. The Hall–Kier alpha value is -0.990. The van der Waals surface area contributed by atoms with Crippen LogP contribution in [0.5, 0.6) is 0 Å². The molecule has 1 saturated heterocycles. The zero-order valence-electron chi connectivity index (χ0n) is 19.7. The van der Waals surface area contributed by atoms with Crippen molar-refractivity contribution < 1.29 is 37.3 Å². The molecule has 10 heteroatoms. The van der Waals surface area contributed by atoms with Gasteiger partial charge in [0, 0.05) is 6.42 Å². The molecule has 0 bridgehead atoms. The SMILES string of the molecule is CCCCCCCCCCCC(=O)N1C(=O)OC[C@@H]1COP(=O)(O)OCC[N+](C)(C)C. The number of unbranched alkanes of at least 4 members (excludes halogenated alkanes) is 8. The number of hydrogen-bond acceptors (Lipinski definition) is 6. The van der Waals surface area contributed by atoms with Crippen molar-refractivity contribution >= 4 is 19.8 Å². The highest BCUT2D eigenvalue weighted by Gasteiger charge is 2.39. The first-order chi connectivity index (χ1) is 14.6. The summed E-state index contributed by atoms with van der Waals surface area (Å²) in [4.78, 5) is 35.3. The zero-order valence-corrected chi connectivity index (χ0v) is 20.6. The molecule has 1 heterocycles. The Morgan fingerprint density at radius 2 is 1.68 bits per heavy atom. The quantitative estimate of drug-likeness (QED) is 0.196. The van der Waals surface area contributed by atoms with E-state index in [9.17, 15) is 19.0 Å². The minimum atomic E-state index is -4.27. The van der Waals surface area contributed by atoms with E-state index >= 15 is 0 Å². The standard InChI is InChI=1S/C21H41N2O7P/c1-5-6-7-8-9-10-11-12-13-14-20(24)22-19(17-28-21(22)25)18-30-31(26,27)29-16-15-23(2,3)4/h19H,5-18H2,1-4H3/p+1/t19-/m1/s1. The van der Waals surface area contributed by atoms with Crippen molar-refractivity contribution in [2.75, 3.05) is 47.5 Å². The molecule has 9 nitrogen and oxygen atoms in total. The van der Waals surface area contributed by atoms with Gasteiger partial charge in [0.15, 0.2) is 0 Å². The summed E-state index contributed by atoms with van der Waals surface area (Å²) >= 11 is 0. The number of ether oxygens (including phenoxy) is 1. The highest BCUT2D eigenvalue weighted by Crippen LogP contribution is 2.43. The van der Waals surface area contributed by atoms with E-state index in [-0.39, 0.29) is 32.1 Å². The lowest BCUT2D eigenvalue weighted by Crippen LogP contribution is -2.41. The molecular formula is C21H42N2O7P+. The van der Waals surface area contributed by atoms with Crippen LogP contribution >= 0.6 is 7.82 Å². The third-order valence-electron chi connectivity index (χ3n) is 5.17. The lowest BCUT2D eigenvalue weighted by Gasteiger charge is -2.24. The van der Waals surface area contributed by atoms with Crippen LogP contribution in [0, 0.1) is 0 Å². The van der Waals surface area contributed by atoms with Crippen molar-refractivity contribution in [1.29, 1.82) is 0 Å². The minimum absolute atomic E-state index is 0.0542. The van der Waals surface area contributed by atoms with Crippen molar-refractivity contribution in [2.45, 2.75) is 77.2 Å². The third-order valence-corrected chi connectivity index (χ3v) is 6.15. The largest absolute Gasteiger partial charge is 0.472 e. The second kappa shape index (κ2) is 14.2. The summed E-state index contributed by atoms with van der Waals surface area (Å²) in [6.45, 7) is 2.43. The van der Waals surface area contributed by atoms with E-state index in [1.807, 2.05) is 21.1 Å². The van der Waals surface area contributed by atoms with Crippen molar-refractivity contribution in [3.8, 4) is 0 Å². The molecule has 0 radical (unpaired) electrons. The van der Waals surface area contributed by atoms with Crippen molar-refractivity contribution in [2.24, 2.45) is 0 Å². The summed E-state index contributed by atoms with van der Waals surface area (Å²) in [5, 5.41) is 0. The fraction of sp³-hybridized carbons (Fsp3) is 0.905. The van der Waals surface area contributed by atoms with Gasteiger partial charge in [0.1, 0.15) is 25.8 Å². The van der Waals surface area contributed by atoms with Crippen LogP contribution < -0.4 is 0 Å². The number of phosphoric acid groups is 1. The van der Waals surface area contributed by atoms with Gasteiger partial charge in [-0.05, 0) is 6.42 Å². The van der Waals surface area contributed by atoms with Crippen molar-refractivity contribution in [3.05, 3.63) is 0 Å². The Bertz CT molecular complexity index is 595. The van der Waals surface area contributed by atoms with Crippen LogP contribution in [0.4, 0.5) is 4.79 Å². The Morgan fingerprint density at radius 3 is 2.26 bits per heavy atom. The van der Waals surface area contributed by atoms with Crippen molar-refractivity contribution in [3.63, 3.8) is 0 Å². The number of likely N-dealkylation sites (N-methyl/N-ethyl adjacent to an activating group) is 1. The van der Waals surface area contributed by atoms with Gasteiger partial charge in [0.25, 0.3) is 0 Å². The number of rotatable bonds is 17. The third kappa shape index (κ3) is 12.6. The Labute approximate surface area is 187 Å². The van der Waals surface area contributed by atoms with Crippen LogP contribution in [-0.4, -0.2) is 79.8 Å². The molecule has 182 valence electrons. The predicted octanol–water partition coefficient (Wildman–Crippen LogP) is 4.09. The number of hydrogen-bond donors (Lipinski definition) is 1. The van der Waals surface area contributed by atoms with Crippen LogP contribution in [0.1, 0.15) is 71.1 Å². The maximum absolute atomic E-state index is 12.5. The maximum atomic E-state index is 12.5. The molecule has 0 aliphatic carbocycles. The Kier molecular flexibility index (Phi) is 12.9. The topological polar surface area (TPSA) is 102 Å². The fourth-order valence-electron chi connectivity index (χ4n) is 3.24. The summed E-state index contributed by atoms with van der Waals surface area (Å²) in [5.41, 5.74) is 0. The lowest BCUT2D eigenvalue weighted by atomic mass is 10.1. The van der Waals surface area contributed by atoms with Gasteiger partial charge in [0.05, 0.1) is 27.7 Å². The van der Waals surface area contributed by atoms with E-state index in [0.29, 0.717) is 17.4 Å². The van der Waals surface area contributed by atoms with Gasteiger partial charge >= 0.3 is 13.9 Å². The minimum Gasteiger partial charge on any atom is -0.447 e. The monoisotopic (exact) mass is 465 g/mol. The van der Waals surface area contributed by atoms with Gasteiger partial charge in [-0.2, -0.15) is 0 Å². The summed E-state index contributed by atoms with van der Waals surface area (Å²) in [6.07, 6.45) is 9.72. The molecule has 1 N–H and O–H groups in total. The molecule has 1 aliphatic heterocycles. The van der Waals surface area contributed by atoms with Crippen LogP contribution in [0.2, 0.25) is 0 Å². The van der Waals surface area contributed by atoms with E-state index in [4.69, 9.17) is 13.8 Å². The summed E-state index contributed by atoms with van der Waals surface area (Å²) in [7, 11) is 1.54. The van der Waals surface area contributed by atoms with Crippen molar-refractivity contribution in [1.82, 2.24) is 4.90 Å². The maximum Gasteiger partial charge on any atom is 0.472 e. The number of nitrogens with zero attached hydrogens (tertiary/aromatic N) is 2. The van der Waals surface area contributed by atoms with E-state index in [0.717, 1.165) is 17.7 Å². The second-order valence-electron chi connectivity index (χ2n) is 9.18. The number of phosphoric ester groups is 1. The van der Waals surface area contributed by atoms with Crippen LogP contribution in [-0.2, 0) is 23.1 Å². The number of cyclic esters (lactones) is 1. The summed E-state index contributed by atoms with van der Waals surface area (Å²) < 4.78 is 27.5. The van der Waals surface area contributed by atoms with E-state index < -0.39 is 20.0 Å². The van der Waals surface area contributed by atoms with E-state index in [2.05, 4.69) is 6.92 Å². The Morgan fingerprint density at radius 1 is 1.10 bits per heavy atom. The number of imide groups is 1. The zero-order chi connectivity index (χ0) is 23.3. The molecule has 1 unspecified atom stereocenters. The number of amides is 2. The molecule has 0 aromatic rings. The average molecular weight is 466 g/mol. The molecule has 0 aromatic heterocycles. The highest BCUT2D eigenvalue weighted by molar-refractivity contribution is 7.47. The first kappa shape index (κ1) is 28.0. The van der Waals surface area contributed by atoms with Gasteiger partial charge in [-0.1, -0.05) is 58.3 Å². The number of quaternary nitrogens is 1. The van der Waals surface area contributed by atoms with Gasteiger partial charge in [-0.25, -0.2) is 14.3 Å². The second-order valence-corrected chi connectivity index (χ2v) is 10.6. The molecule has 1 rings (SSSR count). The smallest absolute Gasteiger partial charge is 0.447 e. The van der Waals surface area contributed by atoms with Crippen LogP contribution in [0.15, 0.2) is 0 Å². The van der Waals surface area contributed by atoms with Gasteiger partial charge in [-0.15, -0.1) is 0 Å². The van der Waals surface area contributed by atoms with Gasteiger partial charge < -0.3 is 14.1 Å². The number of carbonyl (C=O) groups is 2. The fourth-order valence-corrected chi connectivity index (χ4v) is 3.99.